The molecular formula is C60H42N2. The molecule has 1 aromatic heterocycles. The Labute approximate surface area is 362 Å². The lowest BCUT2D eigenvalue weighted by Crippen LogP contribution is -2.13. The highest BCUT2D eigenvalue weighted by molar-refractivity contribution is 6.17. The second-order valence-electron chi connectivity index (χ2n) is 15.7. The predicted molar refractivity (Wildman–Crippen MR) is 263 cm³/mol. The Bertz CT molecular complexity index is 3310. The van der Waals surface area contributed by atoms with Crippen LogP contribution < -0.4 is 4.90 Å². The van der Waals surface area contributed by atoms with E-state index >= 15 is 0 Å². The molecule has 0 saturated carbocycles. The van der Waals surface area contributed by atoms with Crippen LogP contribution in [0.2, 0.25) is 0 Å². The maximum atomic E-state index is 2.51. The Morgan fingerprint density at radius 1 is 0.258 bits per heavy atom. The van der Waals surface area contributed by atoms with Gasteiger partial charge in [-0.1, -0.05) is 206 Å². The number of para-hydroxylation sites is 3. The Hall–Kier alpha value is -8.20. The quantitative estimate of drug-likeness (QED) is 0.141. The van der Waals surface area contributed by atoms with E-state index in [1.165, 1.54) is 44.1 Å². The van der Waals surface area contributed by atoms with E-state index in [4.69, 9.17) is 0 Å². The van der Waals surface area contributed by atoms with Gasteiger partial charge in [-0.3, -0.25) is 0 Å². The van der Waals surface area contributed by atoms with Gasteiger partial charge in [-0.25, -0.2) is 0 Å². The minimum atomic E-state index is 1.09. The summed E-state index contributed by atoms with van der Waals surface area (Å²) in [7, 11) is 0. The molecule has 0 aliphatic rings. The number of fused-ring (bicyclic) bond motifs is 3. The maximum Gasteiger partial charge on any atom is 0.0562 e. The lowest BCUT2D eigenvalue weighted by Gasteiger charge is -2.31. The molecule has 0 aliphatic heterocycles. The van der Waals surface area contributed by atoms with Crippen LogP contribution in [0.25, 0.3) is 83.1 Å². The van der Waals surface area contributed by atoms with Crippen molar-refractivity contribution in [3.05, 3.63) is 255 Å². The topological polar surface area (TPSA) is 8.17 Å². The van der Waals surface area contributed by atoms with Gasteiger partial charge in [0.2, 0.25) is 0 Å². The smallest absolute Gasteiger partial charge is 0.0562 e. The molecule has 0 amide bonds. The van der Waals surface area contributed by atoms with Gasteiger partial charge in [0, 0.05) is 27.6 Å². The fourth-order valence-electron chi connectivity index (χ4n) is 9.17. The fourth-order valence-corrected chi connectivity index (χ4v) is 9.17. The molecule has 11 rings (SSSR count). The van der Waals surface area contributed by atoms with Crippen molar-refractivity contribution in [1.29, 1.82) is 0 Å². The summed E-state index contributed by atoms with van der Waals surface area (Å²) < 4.78 is 2.41. The van der Waals surface area contributed by atoms with Crippen molar-refractivity contribution in [3.63, 3.8) is 0 Å². The summed E-state index contributed by atoms with van der Waals surface area (Å²) in [5.74, 6) is 0. The predicted octanol–water partition coefficient (Wildman–Crippen LogP) is 16.6. The van der Waals surface area contributed by atoms with E-state index < -0.39 is 0 Å². The molecule has 292 valence electrons. The van der Waals surface area contributed by atoms with E-state index in [0.717, 1.165) is 56.1 Å². The molecule has 0 unspecified atom stereocenters. The number of hydrogen-bond acceptors (Lipinski definition) is 1. The SMILES string of the molecule is c1ccc(-c2ccc(-c3ccccc3N(c3ccc(-c4ccccc4-c4ccccc4)cc3-c3ccccc3)c3cccc4c3c3ccccc3n4-c3ccccc3)cc2)cc1. The Kier molecular flexibility index (Phi) is 9.57. The fraction of sp³-hybridized carbons (Fsp3) is 0. The minimum Gasteiger partial charge on any atom is -0.309 e. The molecule has 62 heavy (non-hydrogen) atoms. The van der Waals surface area contributed by atoms with Gasteiger partial charge in [-0.05, 0) is 93.0 Å². The highest BCUT2D eigenvalue weighted by Crippen LogP contribution is 2.50. The molecule has 0 saturated heterocycles. The standard InChI is InChI=1S/C60H42N2/c1-5-20-43(21-6-1)44-36-38-47(39-37-44)52-30-15-17-32-55(52)62(59-35-19-34-58-60(59)53-31-16-18-33-56(53)61(58)49-26-11-4-12-27-49)57-41-40-48(42-54(57)46-24-9-3-10-25-46)51-29-14-13-28-50(51)45-22-7-2-8-23-45/h1-42H. The third kappa shape index (κ3) is 6.65. The first-order valence-electron chi connectivity index (χ1n) is 21.3. The first-order valence-corrected chi connectivity index (χ1v) is 21.3. The second-order valence-corrected chi connectivity index (χ2v) is 15.7. The summed E-state index contributed by atoms with van der Waals surface area (Å²) in [5, 5.41) is 2.39. The van der Waals surface area contributed by atoms with Crippen LogP contribution >= 0.6 is 0 Å². The number of rotatable bonds is 9. The lowest BCUT2D eigenvalue weighted by molar-refractivity contribution is 1.18. The first kappa shape index (κ1) is 36.8. The van der Waals surface area contributed by atoms with E-state index in [1.807, 2.05) is 0 Å². The van der Waals surface area contributed by atoms with Gasteiger partial charge >= 0.3 is 0 Å². The van der Waals surface area contributed by atoms with Crippen LogP contribution in [-0.2, 0) is 0 Å². The average Bonchev–Trinajstić information content (AvgIpc) is 3.70. The number of anilines is 3. The highest BCUT2D eigenvalue weighted by Gasteiger charge is 2.25. The third-order valence-corrected chi connectivity index (χ3v) is 12.0. The molecular weight excluding hydrogens is 749 g/mol. The molecule has 0 atom stereocenters. The summed E-state index contributed by atoms with van der Waals surface area (Å²) >= 11 is 0. The van der Waals surface area contributed by atoms with Crippen molar-refractivity contribution in [1.82, 2.24) is 4.57 Å². The molecule has 2 nitrogen and oxygen atoms in total. The summed E-state index contributed by atoms with van der Waals surface area (Å²) in [6.45, 7) is 0. The summed E-state index contributed by atoms with van der Waals surface area (Å²) in [6, 6.07) is 92.2. The van der Waals surface area contributed by atoms with E-state index in [0.29, 0.717) is 0 Å². The van der Waals surface area contributed by atoms with Gasteiger partial charge in [0.25, 0.3) is 0 Å². The van der Waals surface area contributed by atoms with E-state index in [9.17, 15) is 0 Å². The van der Waals surface area contributed by atoms with Gasteiger partial charge < -0.3 is 9.47 Å². The molecule has 0 spiro atoms. The monoisotopic (exact) mass is 790 g/mol. The summed E-state index contributed by atoms with van der Waals surface area (Å²) in [4.78, 5) is 2.51. The molecule has 10 aromatic carbocycles. The Morgan fingerprint density at radius 3 is 1.39 bits per heavy atom. The molecule has 1 heterocycles. The van der Waals surface area contributed by atoms with Crippen molar-refractivity contribution < 1.29 is 0 Å². The van der Waals surface area contributed by atoms with Crippen molar-refractivity contribution in [2.24, 2.45) is 0 Å². The molecule has 0 N–H and O–H groups in total. The zero-order chi connectivity index (χ0) is 41.2. The van der Waals surface area contributed by atoms with Crippen molar-refractivity contribution in [2.75, 3.05) is 4.90 Å². The van der Waals surface area contributed by atoms with Gasteiger partial charge in [0.15, 0.2) is 0 Å². The zero-order valence-corrected chi connectivity index (χ0v) is 34.1. The number of benzene rings is 10. The van der Waals surface area contributed by atoms with E-state index in [1.54, 1.807) is 0 Å². The number of aromatic nitrogens is 1. The van der Waals surface area contributed by atoms with Crippen LogP contribution in [0.3, 0.4) is 0 Å². The minimum absolute atomic E-state index is 1.09. The number of hydrogen-bond donors (Lipinski definition) is 0. The average molecular weight is 791 g/mol. The largest absolute Gasteiger partial charge is 0.309 e. The molecule has 11 aromatic rings. The zero-order valence-electron chi connectivity index (χ0n) is 34.1. The van der Waals surface area contributed by atoms with Gasteiger partial charge in [0.1, 0.15) is 0 Å². The van der Waals surface area contributed by atoms with Crippen LogP contribution in [0.4, 0.5) is 17.1 Å². The lowest BCUT2D eigenvalue weighted by atomic mass is 9.91. The molecule has 0 bridgehead atoms. The second kappa shape index (κ2) is 16.1. The van der Waals surface area contributed by atoms with Crippen LogP contribution in [0.5, 0.6) is 0 Å². The molecule has 0 fully saturated rings. The van der Waals surface area contributed by atoms with Crippen molar-refractivity contribution >= 4 is 38.9 Å². The highest BCUT2D eigenvalue weighted by atomic mass is 15.2. The van der Waals surface area contributed by atoms with Crippen LogP contribution in [-0.4, -0.2) is 4.57 Å². The molecule has 0 radical (unpaired) electrons. The van der Waals surface area contributed by atoms with Crippen molar-refractivity contribution in [3.8, 4) is 61.3 Å². The third-order valence-electron chi connectivity index (χ3n) is 12.0. The van der Waals surface area contributed by atoms with Gasteiger partial charge in [-0.2, -0.15) is 0 Å². The Balaban J connectivity index is 1.20. The maximum absolute atomic E-state index is 2.51. The Morgan fingerprint density at radius 2 is 0.694 bits per heavy atom. The van der Waals surface area contributed by atoms with E-state index in [-0.39, 0.29) is 0 Å². The first-order chi connectivity index (χ1) is 30.8. The summed E-state index contributed by atoms with van der Waals surface area (Å²) in [6.07, 6.45) is 0. The van der Waals surface area contributed by atoms with Gasteiger partial charge in [0.05, 0.1) is 28.1 Å². The molecule has 0 aliphatic carbocycles. The van der Waals surface area contributed by atoms with Crippen molar-refractivity contribution in [2.45, 2.75) is 0 Å². The number of nitrogens with zero attached hydrogens (tertiary/aromatic N) is 2. The van der Waals surface area contributed by atoms with Crippen LogP contribution in [0.1, 0.15) is 0 Å². The normalized spacial score (nSPS) is 11.2. The van der Waals surface area contributed by atoms with E-state index in [2.05, 4.69) is 264 Å². The summed E-state index contributed by atoms with van der Waals surface area (Å²) in [5.41, 5.74) is 18.5. The van der Waals surface area contributed by atoms with Crippen LogP contribution in [0.15, 0.2) is 255 Å². The van der Waals surface area contributed by atoms with Crippen LogP contribution in [0, 0.1) is 0 Å². The van der Waals surface area contributed by atoms with Gasteiger partial charge in [-0.15, -0.1) is 0 Å². The molecule has 2 heteroatoms.